The van der Waals surface area contributed by atoms with Gasteiger partial charge in [-0.05, 0) is 54.6 Å². The van der Waals surface area contributed by atoms with Crippen molar-refractivity contribution in [3.8, 4) is 0 Å². The van der Waals surface area contributed by atoms with Crippen molar-refractivity contribution in [2.24, 2.45) is 16.7 Å². The van der Waals surface area contributed by atoms with Crippen LogP contribution in [-0.2, 0) is 0 Å². The standard InChI is InChI=1S/C17H23F2N/c1-10-5-6-12(18)14(13(10)19)20-15-16(2,3)11-7-8-17(15,4)9-11/h5-6,11,15,20H,7-9H2,1-4H3/t11-,15?,17+/m0/s1. The van der Waals surface area contributed by atoms with Crippen LogP contribution >= 0.6 is 0 Å². The van der Waals surface area contributed by atoms with E-state index >= 15 is 0 Å². The van der Waals surface area contributed by atoms with Crippen LogP contribution in [0.4, 0.5) is 14.5 Å². The summed E-state index contributed by atoms with van der Waals surface area (Å²) in [6.07, 6.45) is 3.54. The predicted octanol–water partition coefficient (Wildman–Crippen LogP) is 4.90. The molecule has 3 atom stereocenters. The molecule has 3 rings (SSSR count). The third kappa shape index (κ3) is 1.78. The molecule has 1 N–H and O–H groups in total. The molecule has 0 spiro atoms. The Balaban J connectivity index is 1.98. The van der Waals surface area contributed by atoms with Gasteiger partial charge >= 0.3 is 0 Å². The summed E-state index contributed by atoms with van der Waals surface area (Å²) in [5.74, 6) is -0.289. The Hall–Kier alpha value is -1.12. The van der Waals surface area contributed by atoms with E-state index in [-0.39, 0.29) is 22.6 Å². The van der Waals surface area contributed by atoms with Gasteiger partial charge in [-0.2, -0.15) is 0 Å². The topological polar surface area (TPSA) is 12.0 Å². The van der Waals surface area contributed by atoms with Gasteiger partial charge in [0.05, 0.1) is 0 Å². The first-order valence-electron chi connectivity index (χ1n) is 7.47. The zero-order valence-electron chi connectivity index (χ0n) is 12.7. The molecule has 1 aromatic carbocycles. The number of aryl methyl sites for hydroxylation is 1. The molecule has 20 heavy (non-hydrogen) atoms. The molecule has 0 amide bonds. The third-order valence-electron chi connectivity index (χ3n) is 5.84. The highest BCUT2D eigenvalue weighted by Gasteiger charge is 2.59. The molecule has 1 aromatic rings. The van der Waals surface area contributed by atoms with E-state index in [1.165, 1.54) is 18.6 Å². The summed E-state index contributed by atoms with van der Waals surface area (Å²) in [7, 11) is 0. The van der Waals surface area contributed by atoms with Gasteiger partial charge in [-0.25, -0.2) is 8.78 Å². The second-order valence-electron chi connectivity index (χ2n) is 7.55. The summed E-state index contributed by atoms with van der Waals surface area (Å²) in [5.41, 5.74) is 0.767. The lowest BCUT2D eigenvalue weighted by molar-refractivity contribution is 0.155. The molecule has 2 fully saturated rings. The van der Waals surface area contributed by atoms with Crippen LogP contribution in [0.25, 0.3) is 0 Å². The van der Waals surface area contributed by atoms with Crippen LogP contribution in [0, 0.1) is 35.3 Å². The fourth-order valence-corrected chi connectivity index (χ4v) is 4.60. The number of nitrogens with one attached hydrogen (secondary N) is 1. The van der Waals surface area contributed by atoms with Crippen LogP contribution in [-0.4, -0.2) is 6.04 Å². The number of fused-ring (bicyclic) bond motifs is 2. The number of hydrogen-bond donors (Lipinski definition) is 1. The van der Waals surface area contributed by atoms with Gasteiger partial charge in [-0.3, -0.25) is 0 Å². The zero-order valence-corrected chi connectivity index (χ0v) is 12.7. The van der Waals surface area contributed by atoms with E-state index in [1.807, 2.05) is 0 Å². The maximum absolute atomic E-state index is 14.2. The van der Waals surface area contributed by atoms with Gasteiger partial charge in [0.2, 0.25) is 0 Å². The Morgan fingerprint density at radius 3 is 2.50 bits per heavy atom. The quantitative estimate of drug-likeness (QED) is 0.812. The first-order valence-corrected chi connectivity index (χ1v) is 7.47. The molecule has 0 saturated heterocycles. The van der Waals surface area contributed by atoms with Crippen LogP contribution in [0.15, 0.2) is 12.1 Å². The molecule has 1 unspecified atom stereocenters. The maximum Gasteiger partial charge on any atom is 0.152 e. The van der Waals surface area contributed by atoms with Crippen molar-refractivity contribution < 1.29 is 8.78 Å². The summed E-state index contributed by atoms with van der Waals surface area (Å²) in [5, 5.41) is 3.23. The molecule has 1 nitrogen and oxygen atoms in total. The van der Waals surface area contributed by atoms with Crippen molar-refractivity contribution in [1.82, 2.24) is 0 Å². The molecule has 3 heteroatoms. The van der Waals surface area contributed by atoms with Crippen LogP contribution in [0.2, 0.25) is 0 Å². The first kappa shape index (κ1) is 13.8. The first-order chi connectivity index (χ1) is 9.25. The van der Waals surface area contributed by atoms with Gasteiger partial charge in [0.1, 0.15) is 11.5 Å². The van der Waals surface area contributed by atoms with Crippen LogP contribution in [0.1, 0.15) is 45.6 Å². The van der Waals surface area contributed by atoms with Crippen LogP contribution < -0.4 is 5.32 Å². The van der Waals surface area contributed by atoms with E-state index in [9.17, 15) is 8.78 Å². The summed E-state index contributed by atoms with van der Waals surface area (Å²) < 4.78 is 28.2. The van der Waals surface area contributed by atoms with Gasteiger partial charge in [0.25, 0.3) is 0 Å². The normalized spacial score (nSPS) is 34.5. The number of anilines is 1. The highest BCUT2D eigenvalue weighted by atomic mass is 19.1. The van der Waals surface area contributed by atoms with Gasteiger partial charge in [0.15, 0.2) is 5.82 Å². The van der Waals surface area contributed by atoms with Crippen molar-refractivity contribution in [2.45, 2.75) is 53.0 Å². The van der Waals surface area contributed by atoms with E-state index in [0.29, 0.717) is 11.5 Å². The fourth-order valence-electron chi connectivity index (χ4n) is 4.60. The minimum Gasteiger partial charge on any atom is -0.376 e. The van der Waals surface area contributed by atoms with E-state index in [0.717, 1.165) is 12.8 Å². The molecule has 2 aliphatic carbocycles. The molecular weight excluding hydrogens is 256 g/mol. The maximum atomic E-state index is 14.2. The van der Waals surface area contributed by atoms with Crippen molar-refractivity contribution >= 4 is 5.69 Å². The Morgan fingerprint density at radius 2 is 1.90 bits per heavy atom. The average Bonchev–Trinajstić information content (AvgIpc) is 2.84. The summed E-state index contributed by atoms with van der Waals surface area (Å²) in [6, 6.07) is 2.96. The molecule has 0 heterocycles. The van der Waals surface area contributed by atoms with E-state index < -0.39 is 11.6 Å². The second-order valence-corrected chi connectivity index (χ2v) is 7.55. The SMILES string of the molecule is Cc1ccc(F)c(NC2C(C)(C)[C@H]3CC[C@]2(C)C3)c1F. The number of halogens is 2. The minimum atomic E-state index is -0.490. The smallest absolute Gasteiger partial charge is 0.152 e. The van der Waals surface area contributed by atoms with Crippen molar-refractivity contribution in [1.29, 1.82) is 0 Å². The Bertz CT molecular complexity index is 547. The largest absolute Gasteiger partial charge is 0.376 e. The number of benzene rings is 1. The summed E-state index contributed by atoms with van der Waals surface area (Å²) in [6.45, 7) is 8.38. The average molecular weight is 279 g/mol. The predicted molar refractivity (Wildman–Crippen MR) is 77.7 cm³/mol. The summed E-state index contributed by atoms with van der Waals surface area (Å²) in [4.78, 5) is 0. The van der Waals surface area contributed by atoms with E-state index in [4.69, 9.17) is 0 Å². The molecule has 2 bridgehead atoms. The summed E-state index contributed by atoms with van der Waals surface area (Å²) >= 11 is 0. The van der Waals surface area contributed by atoms with E-state index in [1.54, 1.807) is 6.92 Å². The Labute approximate surface area is 119 Å². The lowest BCUT2D eigenvalue weighted by atomic mass is 9.68. The van der Waals surface area contributed by atoms with E-state index in [2.05, 4.69) is 26.1 Å². The Kier molecular flexibility index (Phi) is 2.90. The van der Waals surface area contributed by atoms with Crippen molar-refractivity contribution in [2.75, 3.05) is 5.32 Å². The second kappa shape index (κ2) is 4.19. The van der Waals surface area contributed by atoms with Gasteiger partial charge in [-0.15, -0.1) is 0 Å². The highest BCUT2D eigenvalue weighted by Crippen LogP contribution is 2.63. The number of rotatable bonds is 2. The molecule has 2 aliphatic rings. The van der Waals surface area contributed by atoms with Gasteiger partial charge in [0, 0.05) is 6.04 Å². The van der Waals surface area contributed by atoms with Gasteiger partial charge < -0.3 is 5.32 Å². The van der Waals surface area contributed by atoms with Crippen LogP contribution in [0.5, 0.6) is 0 Å². The van der Waals surface area contributed by atoms with Crippen molar-refractivity contribution in [3.63, 3.8) is 0 Å². The fraction of sp³-hybridized carbons (Fsp3) is 0.647. The lowest BCUT2D eigenvalue weighted by Gasteiger charge is -2.43. The monoisotopic (exact) mass is 279 g/mol. The molecular formula is C17H23F2N. The zero-order chi connectivity index (χ0) is 14.7. The highest BCUT2D eigenvalue weighted by molar-refractivity contribution is 5.51. The lowest BCUT2D eigenvalue weighted by Crippen LogP contribution is -2.46. The third-order valence-corrected chi connectivity index (χ3v) is 5.84. The molecule has 0 aromatic heterocycles. The van der Waals surface area contributed by atoms with Gasteiger partial charge in [-0.1, -0.05) is 26.8 Å². The molecule has 0 aliphatic heterocycles. The van der Waals surface area contributed by atoms with Crippen LogP contribution in [0.3, 0.4) is 0 Å². The number of hydrogen-bond acceptors (Lipinski definition) is 1. The molecule has 0 radical (unpaired) electrons. The Morgan fingerprint density at radius 1 is 1.20 bits per heavy atom. The minimum absolute atomic E-state index is 0.0526. The molecule has 2 saturated carbocycles. The van der Waals surface area contributed by atoms with Crippen molar-refractivity contribution in [3.05, 3.63) is 29.3 Å². The molecule has 110 valence electrons.